The molecule has 1 amide bonds. The zero-order valence-corrected chi connectivity index (χ0v) is 14.9. The highest BCUT2D eigenvalue weighted by Crippen LogP contribution is 2.31. The van der Waals surface area contributed by atoms with Gasteiger partial charge in [-0.15, -0.1) is 0 Å². The second-order valence-corrected chi connectivity index (χ2v) is 5.56. The van der Waals surface area contributed by atoms with Gasteiger partial charge in [0.25, 0.3) is 5.91 Å². The molecular weight excluding hydrogens is 336 g/mol. The van der Waals surface area contributed by atoms with Crippen molar-refractivity contribution in [3.05, 3.63) is 47.0 Å². The predicted molar refractivity (Wildman–Crippen MR) is 98.1 cm³/mol. The monoisotopic (exact) mass is 358 g/mol. The molecule has 7 nitrogen and oxygen atoms in total. The number of amides is 1. The van der Waals surface area contributed by atoms with Crippen molar-refractivity contribution in [3.8, 4) is 23.0 Å². The minimum absolute atomic E-state index is 0.00236. The van der Waals surface area contributed by atoms with E-state index >= 15 is 0 Å². The summed E-state index contributed by atoms with van der Waals surface area (Å²) in [7, 11) is 0. The lowest BCUT2D eigenvalue weighted by atomic mass is 10.0. The third kappa shape index (κ3) is 4.66. The van der Waals surface area contributed by atoms with E-state index in [4.69, 9.17) is 9.47 Å². The van der Waals surface area contributed by atoms with Crippen molar-refractivity contribution in [2.45, 2.75) is 20.8 Å². The maximum absolute atomic E-state index is 11.9. The zero-order valence-electron chi connectivity index (χ0n) is 14.9. The number of rotatable bonds is 7. The van der Waals surface area contributed by atoms with Gasteiger partial charge >= 0.3 is 0 Å². The van der Waals surface area contributed by atoms with E-state index in [1.807, 2.05) is 13.0 Å². The van der Waals surface area contributed by atoms with E-state index in [-0.39, 0.29) is 18.1 Å². The molecule has 26 heavy (non-hydrogen) atoms. The largest absolute Gasteiger partial charge is 0.508 e. The number of hydrogen-bond acceptors (Lipinski definition) is 6. The highest BCUT2D eigenvalue weighted by Gasteiger charge is 2.11. The maximum Gasteiger partial charge on any atom is 0.277 e. The molecule has 0 atom stereocenters. The molecule has 3 N–H and O–H groups in total. The van der Waals surface area contributed by atoms with Gasteiger partial charge in [0.05, 0.1) is 12.8 Å². The van der Waals surface area contributed by atoms with E-state index in [1.54, 1.807) is 32.0 Å². The Kier molecular flexibility index (Phi) is 6.43. The number of ether oxygens (including phenoxy) is 2. The average Bonchev–Trinajstić information content (AvgIpc) is 2.62. The highest BCUT2D eigenvalue weighted by molar-refractivity contribution is 5.88. The van der Waals surface area contributed by atoms with Gasteiger partial charge in [0.2, 0.25) is 0 Å². The summed E-state index contributed by atoms with van der Waals surface area (Å²) in [6.45, 7) is 5.42. The van der Waals surface area contributed by atoms with E-state index in [0.29, 0.717) is 34.8 Å². The van der Waals surface area contributed by atoms with Gasteiger partial charge in [-0.25, -0.2) is 5.43 Å². The molecule has 0 heterocycles. The van der Waals surface area contributed by atoms with Crippen LogP contribution in [0.15, 0.2) is 35.4 Å². The first-order valence-electron chi connectivity index (χ1n) is 8.12. The summed E-state index contributed by atoms with van der Waals surface area (Å²) in [4.78, 5) is 11.9. The summed E-state index contributed by atoms with van der Waals surface area (Å²) in [5.74, 6) is 0.493. The van der Waals surface area contributed by atoms with Crippen molar-refractivity contribution in [1.82, 2.24) is 5.43 Å². The van der Waals surface area contributed by atoms with Crippen LogP contribution in [0.25, 0.3) is 0 Å². The Labute approximate surface area is 151 Å². The number of para-hydroxylation sites is 2. The third-order valence-corrected chi connectivity index (χ3v) is 3.66. The molecule has 0 radical (unpaired) electrons. The molecule has 138 valence electrons. The lowest BCUT2D eigenvalue weighted by molar-refractivity contribution is -0.123. The Balaban J connectivity index is 1.96. The molecule has 0 saturated heterocycles. The highest BCUT2D eigenvalue weighted by atomic mass is 16.5. The minimum atomic E-state index is -0.458. The zero-order chi connectivity index (χ0) is 19.1. The van der Waals surface area contributed by atoms with Crippen molar-refractivity contribution in [2.24, 2.45) is 5.10 Å². The second-order valence-electron chi connectivity index (χ2n) is 5.56. The molecule has 0 fully saturated rings. The Morgan fingerprint density at radius 2 is 1.85 bits per heavy atom. The van der Waals surface area contributed by atoms with Gasteiger partial charge in [0, 0.05) is 11.1 Å². The summed E-state index contributed by atoms with van der Waals surface area (Å²) >= 11 is 0. The van der Waals surface area contributed by atoms with Crippen LogP contribution in [0.3, 0.4) is 0 Å². The Morgan fingerprint density at radius 3 is 2.50 bits per heavy atom. The van der Waals surface area contributed by atoms with Crippen LogP contribution in [0.1, 0.15) is 23.6 Å². The van der Waals surface area contributed by atoms with E-state index in [2.05, 4.69) is 10.5 Å². The molecule has 2 aromatic rings. The van der Waals surface area contributed by atoms with E-state index in [9.17, 15) is 15.0 Å². The standard InChI is InChI=1S/C19H22N2O5/c1-4-25-16-7-5-6-8-17(16)26-11-18(23)21-20-10-14-12(2)9-15(22)13(3)19(14)24/h5-10,22,24H,4,11H2,1-3H3,(H,21,23)/b20-10-. The van der Waals surface area contributed by atoms with Crippen molar-refractivity contribution in [3.63, 3.8) is 0 Å². The van der Waals surface area contributed by atoms with Crippen LogP contribution in [-0.2, 0) is 4.79 Å². The first kappa shape index (κ1) is 19.1. The van der Waals surface area contributed by atoms with Gasteiger partial charge < -0.3 is 19.7 Å². The SMILES string of the molecule is CCOc1ccccc1OCC(=O)N/N=C\c1c(C)cc(O)c(C)c1O. The Hall–Kier alpha value is -3.22. The van der Waals surface area contributed by atoms with Gasteiger partial charge in [0.15, 0.2) is 18.1 Å². The number of aryl methyl sites for hydroxylation is 1. The number of carbonyl (C=O) groups is 1. The number of hydrazone groups is 1. The average molecular weight is 358 g/mol. The van der Waals surface area contributed by atoms with Crippen LogP contribution in [-0.4, -0.2) is 35.5 Å². The van der Waals surface area contributed by atoms with Crippen LogP contribution in [0, 0.1) is 13.8 Å². The molecule has 0 aliphatic rings. The third-order valence-electron chi connectivity index (χ3n) is 3.66. The van der Waals surface area contributed by atoms with Gasteiger partial charge in [-0.05, 0) is 44.5 Å². The summed E-state index contributed by atoms with van der Waals surface area (Å²) in [6.07, 6.45) is 1.32. The number of aromatic hydroxyl groups is 2. The first-order chi connectivity index (χ1) is 12.4. The Morgan fingerprint density at radius 1 is 1.19 bits per heavy atom. The molecule has 0 saturated carbocycles. The fraction of sp³-hybridized carbons (Fsp3) is 0.263. The lowest BCUT2D eigenvalue weighted by Gasteiger charge is -2.11. The second kappa shape index (κ2) is 8.75. The van der Waals surface area contributed by atoms with Gasteiger partial charge in [0.1, 0.15) is 11.5 Å². The number of hydrogen-bond donors (Lipinski definition) is 3. The fourth-order valence-corrected chi connectivity index (χ4v) is 2.25. The van der Waals surface area contributed by atoms with Gasteiger partial charge in [-0.2, -0.15) is 5.10 Å². The molecule has 0 aliphatic carbocycles. The number of benzene rings is 2. The molecule has 0 aliphatic heterocycles. The van der Waals surface area contributed by atoms with Crippen molar-refractivity contribution >= 4 is 12.1 Å². The number of phenols is 2. The molecular formula is C19H22N2O5. The number of carbonyl (C=O) groups excluding carboxylic acids is 1. The Bertz CT molecular complexity index is 818. The van der Waals surface area contributed by atoms with Gasteiger partial charge in [-0.1, -0.05) is 12.1 Å². The van der Waals surface area contributed by atoms with Crippen molar-refractivity contribution in [2.75, 3.05) is 13.2 Å². The number of nitrogens with zero attached hydrogens (tertiary/aromatic N) is 1. The molecule has 0 bridgehead atoms. The summed E-state index contributed by atoms with van der Waals surface area (Å²) < 4.78 is 10.9. The van der Waals surface area contributed by atoms with Crippen LogP contribution >= 0.6 is 0 Å². The molecule has 0 aromatic heterocycles. The normalized spacial score (nSPS) is 10.7. The molecule has 0 spiro atoms. The van der Waals surface area contributed by atoms with Crippen LogP contribution < -0.4 is 14.9 Å². The lowest BCUT2D eigenvalue weighted by Crippen LogP contribution is -2.24. The van der Waals surface area contributed by atoms with Crippen LogP contribution in [0.5, 0.6) is 23.0 Å². The predicted octanol–water partition coefficient (Wildman–Crippen LogP) is 2.64. The number of nitrogens with one attached hydrogen (secondary N) is 1. The maximum atomic E-state index is 11.9. The summed E-state index contributed by atoms with van der Waals surface area (Å²) in [6, 6.07) is 8.59. The number of phenolic OH excluding ortho intramolecular Hbond substituents is 2. The summed E-state index contributed by atoms with van der Waals surface area (Å²) in [5.41, 5.74) is 3.73. The summed E-state index contributed by atoms with van der Waals surface area (Å²) in [5, 5.41) is 23.5. The molecule has 7 heteroatoms. The van der Waals surface area contributed by atoms with Gasteiger partial charge in [-0.3, -0.25) is 4.79 Å². The molecule has 2 aromatic carbocycles. The van der Waals surface area contributed by atoms with Crippen LogP contribution in [0.4, 0.5) is 0 Å². The quantitative estimate of drug-likeness (QED) is 0.522. The first-order valence-corrected chi connectivity index (χ1v) is 8.12. The van der Waals surface area contributed by atoms with E-state index in [0.717, 1.165) is 0 Å². The van der Waals surface area contributed by atoms with E-state index in [1.165, 1.54) is 12.3 Å². The van der Waals surface area contributed by atoms with Crippen molar-refractivity contribution in [1.29, 1.82) is 0 Å². The molecule has 0 unspecified atom stereocenters. The van der Waals surface area contributed by atoms with E-state index < -0.39 is 5.91 Å². The molecule has 2 rings (SSSR count). The topological polar surface area (TPSA) is 100 Å². The minimum Gasteiger partial charge on any atom is -0.508 e. The smallest absolute Gasteiger partial charge is 0.277 e. The van der Waals surface area contributed by atoms with Crippen molar-refractivity contribution < 1.29 is 24.5 Å². The van der Waals surface area contributed by atoms with Crippen LogP contribution in [0.2, 0.25) is 0 Å². The fourth-order valence-electron chi connectivity index (χ4n) is 2.25.